The van der Waals surface area contributed by atoms with Gasteiger partial charge in [-0.25, -0.2) is 4.79 Å². The number of carbonyl (C=O) groups excluding carboxylic acids is 1. The van der Waals surface area contributed by atoms with Gasteiger partial charge in [0, 0.05) is 0 Å². The number of carbonyl (C=O) groups is 1. The molecule has 1 aromatic rings. The van der Waals surface area contributed by atoms with E-state index in [1.807, 2.05) is 25.1 Å². The van der Waals surface area contributed by atoms with Crippen LogP contribution in [0.4, 0.5) is 5.69 Å². The van der Waals surface area contributed by atoms with E-state index in [0.717, 1.165) is 5.56 Å². The smallest absolute Gasteiger partial charge is 0.362 e. The van der Waals surface area contributed by atoms with Crippen LogP contribution in [0.1, 0.15) is 12.5 Å². The molecule has 1 N–H and O–H groups in total. The highest BCUT2D eigenvalue weighted by Gasteiger charge is 2.12. The standard InChI is InChI=1S/C12H14N2O3/c1-8-5-4-6-10(7-8)13-14-11(9(2)15)12(16)17-3/h4-7,15H,1-3H3. The highest BCUT2D eigenvalue weighted by molar-refractivity contribution is 5.88. The Morgan fingerprint density at radius 2 is 2.12 bits per heavy atom. The van der Waals surface area contributed by atoms with E-state index in [4.69, 9.17) is 0 Å². The van der Waals surface area contributed by atoms with Crippen molar-refractivity contribution in [2.75, 3.05) is 7.11 Å². The molecule has 0 aromatic heterocycles. The van der Waals surface area contributed by atoms with Gasteiger partial charge in [-0.3, -0.25) is 0 Å². The fraction of sp³-hybridized carbons (Fsp3) is 0.250. The van der Waals surface area contributed by atoms with Crippen molar-refractivity contribution in [3.05, 3.63) is 41.3 Å². The molecule has 0 aliphatic rings. The van der Waals surface area contributed by atoms with Crippen LogP contribution in [0.5, 0.6) is 0 Å². The van der Waals surface area contributed by atoms with E-state index in [9.17, 15) is 9.90 Å². The number of ether oxygens (including phenoxy) is 1. The molecule has 1 aromatic carbocycles. The van der Waals surface area contributed by atoms with Gasteiger partial charge in [0.2, 0.25) is 5.70 Å². The Morgan fingerprint density at radius 3 is 2.65 bits per heavy atom. The van der Waals surface area contributed by atoms with E-state index in [1.165, 1.54) is 14.0 Å². The fourth-order valence-corrected chi connectivity index (χ4v) is 1.16. The quantitative estimate of drug-likeness (QED) is 0.378. The first-order valence-electron chi connectivity index (χ1n) is 5.01. The van der Waals surface area contributed by atoms with Crippen LogP contribution in [0.15, 0.2) is 46.0 Å². The van der Waals surface area contributed by atoms with Crippen molar-refractivity contribution in [1.82, 2.24) is 0 Å². The molecule has 17 heavy (non-hydrogen) atoms. The second-order valence-electron chi connectivity index (χ2n) is 3.46. The Hall–Kier alpha value is -2.17. The van der Waals surface area contributed by atoms with Gasteiger partial charge < -0.3 is 9.84 Å². The number of aryl methyl sites for hydroxylation is 1. The Balaban J connectivity index is 2.96. The third-order valence-electron chi connectivity index (χ3n) is 1.99. The molecule has 0 saturated carbocycles. The number of benzene rings is 1. The minimum absolute atomic E-state index is 0.200. The summed E-state index contributed by atoms with van der Waals surface area (Å²) in [7, 11) is 1.22. The predicted octanol–water partition coefficient (Wildman–Crippen LogP) is 3.04. The van der Waals surface area contributed by atoms with Crippen molar-refractivity contribution < 1.29 is 14.6 Å². The fourth-order valence-electron chi connectivity index (χ4n) is 1.16. The molecule has 0 saturated heterocycles. The molecule has 0 aliphatic heterocycles. The molecular formula is C12H14N2O3. The molecule has 0 bridgehead atoms. The lowest BCUT2D eigenvalue weighted by Gasteiger charge is -1.99. The van der Waals surface area contributed by atoms with Crippen LogP contribution in [0.25, 0.3) is 0 Å². The minimum Gasteiger partial charge on any atom is -0.510 e. The zero-order chi connectivity index (χ0) is 12.8. The summed E-state index contributed by atoms with van der Waals surface area (Å²) in [5.74, 6) is -0.949. The summed E-state index contributed by atoms with van der Waals surface area (Å²) in [5.41, 5.74) is 1.44. The molecule has 0 heterocycles. The van der Waals surface area contributed by atoms with Gasteiger partial charge in [0.15, 0.2) is 0 Å². The summed E-state index contributed by atoms with van der Waals surface area (Å²) in [4.78, 5) is 11.2. The molecule has 0 atom stereocenters. The number of nitrogens with zero attached hydrogens (tertiary/aromatic N) is 2. The van der Waals surface area contributed by atoms with Gasteiger partial charge in [0.05, 0.1) is 12.8 Å². The molecule has 0 fully saturated rings. The van der Waals surface area contributed by atoms with Gasteiger partial charge in [-0.2, -0.15) is 5.11 Å². The summed E-state index contributed by atoms with van der Waals surface area (Å²) in [6.07, 6.45) is 0. The van der Waals surface area contributed by atoms with Gasteiger partial charge >= 0.3 is 5.97 Å². The van der Waals surface area contributed by atoms with E-state index in [1.54, 1.807) is 6.07 Å². The maximum absolute atomic E-state index is 11.2. The lowest BCUT2D eigenvalue weighted by Crippen LogP contribution is -2.04. The highest BCUT2D eigenvalue weighted by Crippen LogP contribution is 2.16. The zero-order valence-electron chi connectivity index (χ0n) is 9.97. The second-order valence-corrected chi connectivity index (χ2v) is 3.46. The largest absolute Gasteiger partial charge is 0.510 e. The molecule has 0 amide bonds. The summed E-state index contributed by atoms with van der Waals surface area (Å²) in [6, 6.07) is 7.31. The molecule has 1 rings (SSSR count). The van der Waals surface area contributed by atoms with Crippen molar-refractivity contribution >= 4 is 11.7 Å². The van der Waals surface area contributed by atoms with Gasteiger partial charge in [-0.15, -0.1) is 5.11 Å². The molecule has 0 radical (unpaired) electrons. The number of hydrogen-bond donors (Lipinski definition) is 1. The van der Waals surface area contributed by atoms with Crippen LogP contribution in [-0.2, 0) is 9.53 Å². The number of aliphatic hydroxyl groups is 1. The van der Waals surface area contributed by atoms with Gasteiger partial charge in [-0.1, -0.05) is 12.1 Å². The van der Waals surface area contributed by atoms with Crippen LogP contribution in [0.3, 0.4) is 0 Å². The summed E-state index contributed by atoms with van der Waals surface area (Å²) >= 11 is 0. The Labute approximate surface area is 99.4 Å². The van der Waals surface area contributed by atoms with Gasteiger partial charge in [-0.05, 0) is 31.5 Å². The number of azo groups is 1. The third-order valence-corrected chi connectivity index (χ3v) is 1.99. The number of hydrogen-bond acceptors (Lipinski definition) is 5. The predicted molar refractivity (Wildman–Crippen MR) is 63.0 cm³/mol. The summed E-state index contributed by atoms with van der Waals surface area (Å²) in [6.45, 7) is 3.27. The molecule has 0 spiro atoms. The average molecular weight is 234 g/mol. The minimum atomic E-state index is -0.721. The van der Waals surface area contributed by atoms with Crippen LogP contribution >= 0.6 is 0 Å². The van der Waals surface area contributed by atoms with Crippen molar-refractivity contribution in [1.29, 1.82) is 0 Å². The molecule has 0 unspecified atom stereocenters. The SMILES string of the molecule is COC(=O)C(N=Nc1cccc(C)c1)=C(C)O. The molecule has 90 valence electrons. The summed E-state index contributed by atoms with van der Waals surface area (Å²) < 4.78 is 4.48. The number of rotatable bonds is 3. The molecule has 0 aliphatic carbocycles. The number of esters is 1. The lowest BCUT2D eigenvalue weighted by molar-refractivity contribution is -0.136. The molecular weight excluding hydrogens is 220 g/mol. The lowest BCUT2D eigenvalue weighted by atomic mass is 10.2. The van der Waals surface area contributed by atoms with E-state index >= 15 is 0 Å². The summed E-state index contributed by atoms with van der Waals surface area (Å²) in [5, 5.41) is 16.8. The van der Waals surface area contributed by atoms with Gasteiger partial charge in [0.1, 0.15) is 5.76 Å². The van der Waals surface area contributed by atoms with Crippen molar-refractivity contribution in [2.24, 2.45) is 10.2 Å². The zero-order valence-corrected chi connectivity index (χ0v) is 9.97. The molecule has 5 nitrogen and oxygen atoms in total. The Bertz CT molecular complexity index is 474. The number of allylic oxidation sites excluding steroid dienone is 1. The van der Waals surface area contributed by atoms with E-state index in [-0.39, 0.29) is 11.5 Å². The second kappa shape index (κ2) is 5.79. The van der Waals surface area contributed by atoms with Crippen LogP contribution in [0.2, 0.25) is 0 Å². The maximum atomic E-state index is 11.2. The third kappa shape index (κ3) is 3.71. The van der Waals surface area contributed by atoms with E-state index in [0.29, 0.717) is 5.69 Å². The Morgan fingerprint density at radius 1 is 1.41 bits per heavy atom. The first kappa shape index (κ1) is 12.9. The average Bonchev–Trinajstić information content (AvgIpc) is 2.28. The molecule has 5 heteroatoms. The van der Waals surface area contributed by atoms with Gasteiger partial charge in [0.25, 0.3) is 0 Å². The van der Waals surface area contributed by atoms with Crippen molar-refractivity contribution in [3.8, 4) is 0 Å². The normalized spacial score (nSPS) is 12.4. The monoisotopic (exact) mass is 234 g/mol. The van der Waals surface area contributed by atoms with Crippen LogP contribution in [-0.4, -0.2) is 18.2 Å². The van der Waals surface area contributed by atoms with Crippen molar-refractivity contribution in [3.63, 3.8) is 0 Å². The Kier molecular flexibility index (Phi) is 4.39. The van der Waals surface area contributed by atoms with E-state index < -0.39 is 5.97 Å². The number of aliphatic hydroxyl groups excluding tert-OH is 1. The van der Waals surface area contributed by atoms with Crippen LogP contribution in [0, 0.1) is 6.92 Å². The first-order valence-corrected chi connectivity index (χ1v) is 5.01. The topological polar surface area (TPSA) is 71.2 Å². The first-order chi connectivity index (χ1) is 8.04. The van der Waals surface area contributed by atoms with Crippen molar-refractivity contribution in [2.45, 2.75) is 13.8 Å². The highest BCUT2D eigenvalue weighted by atomic mass is 16.5. The van der Waals surface area contributed by atoms with Crippen LogP contribution < -0.4 is 0 Å². The number of methoxy groups -OCH3 is 1. The maximum Gasteiger partial charge on any atom is 0.362 e. The van der Waals surface area contributed by atoms with E-state index in [2.05, 4.69) is 15.0 Å².